The monoisotopic (exact) mass is 303 g/mol. The van der Waals surface area contributed by atoms with Gasteiger partial charge in [-0.25, -0.2) is 4.79 Å². The predicted molar refractivity (Wildman–Crippen MR) is 84.0 cm³/mol. The summed E-state index contributed by atoms with van der Waals surface area (Å²) in [5, 5.41) is 5.90. The zero-order valence-corrected chi connectivity index (χ0v) is 13.0. The van der Waals surface area contributed by atoms with Crippen LogP contribution in [0.25, 0.3) is 0 Å². The fraction of sp³-hybridized carbons (Fsp3) is 0.765. The lowest BCUT2D eigenvalue weighted by atomic mass is 9.95. The highest BCUT2D eigenvalue weighted by molar-refractivity contribution is 5.88. The van der Waals surface area contributed by atoms with Crippen molar-refractivity contribution < 1.29 is 9.59 Å². The minimum atomic E-state index is -0.337. The van der Waals surface area contributed by atoms with Gasteiger partial charge in [-0.3, -0.25) is 4.79 Å². The Balaban J connectivity index is 1.65. The van der Waals surface area contributed by atoms with Crippen LogP contribution in [0.5, 0.6) is 0 Å². The Bertz CT molecular complexity index is 479. The zero-order valence-electron chi connectivity index (χ0n) is 13.0. The van der Waals surface area contributed by atoms with E-state index in [1.807, 2.05) is 0 Å². The molecule has 3 aliphatic rings. The molecule has 0 unspecified atom stereocenters. The third-order valence-corrected chi connectivity index (χ3v) is 5.39. The molecule has 3 rings (SSSR count). The molecule has 5 heteroatoms. The normalized spacial score (nSPS) is 30.9. The van der Waals surface area contributed by atoms with E-state index in [9.17, 15) is 9.59 Å². The molecule has 2 aliphatic carbocycles. The van der Waals surface area contributed by atoms with E-state index in [-0.39, 0.29) is 36.6 Å². The van der Waals surface area contributed by atoms with E-state index in [1.165, 1.54) is 19.3 Å². The maximum absolute atomic E-state index is 12.7. The summed E-state index contributed by atoms with van der Waals surface area (Å²) in [6.07, 6.45) is 14.0. The molecule has 3 fully saturated rings. The molecule has 1 aliphatic heterocycles. The maximum Gasteiger partial charge on any atom is 0.318 e. The van der Waals surface area contributed by atoms with Crippen molar-refractivity contribution in [1.29, 1.82) is 0 Å². The second-order valence-corrected chi connectivity index (χ2v) is 6.79. The molecule has 0 aromatic carbocycles. The van der Waals surface area contributed by atoms with Crippen LogP contribution in [0.15, 0.2) is 0 Å². The summed E-state index contributed by atoms with van der Waals surface area (Å²) < 4.78 is 0. The van der Waals surface area contributed by atoms with E-state index < -0.39 is 0 Å². The smallest absolute Gasteiger partial charge is 0.318 e. The van der Waals surface area contributed by atoms with Crippen LogP contribution in [0.2, 0.25) is 0 Å². The fourth-order valence-corrected chi connectivity index (χ4v) is 4.36. The van der Waals surface area contributed by atoms with Gasteiger partial charge in [-0.1, -0.05) is 25.2 Å². The first-order valence-corrected chi connectivity index (χ1v) is 8.50. The number of amides is 3. The largest absolute Gasteiger partial charge is 0.343 e. The van der Waals surface area contributed by atoms with Gasteiger partial charge < -0.3 is 15.5 Å². The predicted octanol–water partition coefficient (Wildman–Crippen LogP) is 1.63. The van der Waals surface area contributed by atoms with Gasteiger partial charge in [0, 0.05) is 12.1 Å². The van der Waals surface area contributed by atoms with E-state index in [0.717, 1.165) is 32.1 Å². The van der Waals surface area contributed by atoms with Crippen LogP contribution in [0.1, 0.15) is 51.4 Å². The van der Waals surface area contributed by atoms with Gasteiger partial charge >= 0.3 is 6.03 Å². The average molecular weight is 303 g/mol. The summed E-state index contributed by atoms with van der Waals surface area (Å²) in [5.74, 6) is 2.62. The fourth-order valence-electron chi connectivity index (χ4n) is 4.36. The topological polar surface area (TPSA) is 61.4 Å². The summed E-state index contributed by atoms with van der Waals surface area (Å²) in [4.78, 5) is 26.9. The summed E-state index contributed by atoms with van der Waals surface area (Å²) in [7, 11) is 0. The van der Waals surface area contributed by atoms with Gasteiger partial charge in [0.15, 0.2) is 0 Å². The van der Waals surface area contributed by atoms with E-state index >= 15 is 0 Å². The Morgan fingerprint density at radius 1 is 1.14 bits per heavy atom. The number of carbonyl (C=O) groups excluding carboxylic acids is 2. The van der Waals surface area contributed by atoms with Crippen molar-refractivity contribution in [2.75, 3.05) is 6.54 Å². The molecule has 5 nitrogen and oxygen atoms in total. The van der Waals surface area contributed by atoms with Crippen LogP contribution < -0.4 is 10.6 Å². The summed E-state index contributed by atoms with van der Waals surface area (Å²) in [5.41, 5.74) is 0. The lowest BCUT2D eigenvalue weighted by Gasteiger charge is -2.36. The third-order valence-electron chi connectivity index (χ3n) is 5.39. The van der Waals surface area contributed by atoms with Gasteiger partial charge in [0.1, 0.15) is 6.04 Å². The molecule has 0 aromatic rings. The molecule has 22 heavy (non-hydrogen) atoms. The van der Waals surface area contributed by atoms with Crippen LogP contribution >= 0.6 is 0 Å². The molecule has 0 spiro atoms. The Morgan fingerprint density at radius 2 is 1.91 bits per heavy atom. The SMILES string of the molecule is C#CCNC(=O)[C@@H]1[C@H]2CC[C@@H](C2)N1C(=O)NC1CCCCC1. The number of fused-ring (bicyclic) bond motifs is 2. The van der Waals surface area contributed by atoms with Crippen molar-refractivity contribution in [2.24, 2.45) is 5.92 Å². The van der Waals surface area contributed by atoms with Crippen molar-refractivity contribution in [2.45, 2.75) is 69.5 Å². The standard InChI is InChI=1S/C17H25N3O2/c1-2-10-18-16(21)15-12-8-9-14(11-12)20(15)17(22)19-13-6-4-3-5-7-13/h1,12-15H,3-11H2,(H,18,21)(H,19,22)/t12-,14-,15-/m0/s1. The molecular formula is C17H25N3O2. The van der Waals surface area contributed by atoms with Gasteiger partial charge in [0.25, 0.3) is 0 Å². The van der Waals surface area contributed by atoms with Gasteiger partial charge in [-0.05, 0) is 38.0 Å². The van der Waals surface area contributed by atoms with Crippen molar-refractivity contribution >= 4 is 11.9 Å². The van der Waals surface area contributed by atoms with Gasteiger partial charge in [-0.2, -0.15) is 0 Å². The lowest BCUT2D eigenvalue weighted by Crippen LogP contribution is -2.57. The molecule has 3 amide bonds. The zero-order chi connectivity index (χ0) is 15.5. The Kier molecular flexibility index (Phi) is 4.56. The number of carbonyl (C=O) groups is 2. The maximum atomic E-state index is 12.7. The number of urea groups is 1. The quantitative estimate of drug-likeness (QED) is 0.779. The molecular weight excluding hydrogens is 278 g/mol. The minimum Gasteiger partial charge on any atom is -0.343 e. The number of nitrogens with one attached hydrogen (secondary N) is 2. The molecule has 1 heterocycles. The van der Waals surface area contributed by atoms with Crippen LogP contribution in [0.3, 0.4) is 0 Å². The Morgan fingerprint density at radius 3 is 2.64 bits per heavy atom. The van der Waals surface area contributed by atoms with Crippen LogP contribution in [-0.4, -0.2) is 41.5 Å². The number of piperidine rings is 1. The van der Waals surface area contributed by atoms with Crippen molar-refractivity contribution in [3.63, 3.8) is 0 Å². The molecule has 2 bridgehead atoms. The molecule has 0 aromatic heterocycles. The van der Waals surface area contributed by atoms with Crippen LogP contribution in [0, 0.1) is 18.3 Å². The summed E-state index contributed by atoms with van der Waals surface area (Å²) in [6.45, 7) is 0.227. The van der Waals surface area contributed by atoms with Gasteiger partial charge in [-0.15, -0.1) is 6.42 Å². The third kappa shape index (κ3) is 2.92. The summed E-state index contributed by atoms with van der Waals surface area (Å²) in [6, 6.07) is 0.0978. The van der Waals surface area contributed by atoms with Crippen molar-refractivity contribution in [3.8, 4) is 12.3 Å². The second kappa shape index (κ2) is 6.60. The number of likely N-dealkylation sites (tertiary alicyclic amines) is 1. The Hall–Kier alpha value is -1.70. The number of nitrogens with zero attached hydrogens (tertiary/aromatic N) is 1. The van der Waals surface area contributed by atoms with Gasteiger partial charge in [0.05, 0.1) is 6.54 Å². The van der Waals surface area contributed by atoms with Crippen LogP contribution in [0.4, 0.5) is 4.79 Å². The second-order valence-electron chi connectivity index (χ2n) is 6.79. The number of hydrogen-bond acceptors (Lipinski definition) is 2. The van der Waals surface area contributed by atoms with E-state index in [4.69, 9.17) is 6.42 Å². The van der Waals surface area contributed by atoms with E-state index in [1.54, 1.807) is 4.90 Å². The van der Waals surface area contributed by atoms with Crippen LogP contribution in [-0.2, 0) is 4.79 Å². The Labute approximate surface area is 132 Å². The molecule has 120 valence electrons. The molecule has 0 radical (unpaired) electrons. The van der Waals surface area contributed by atoms with Crippen molar-refractivity contribution in [1.82, 2.24) is 15.5 Å². The highest BCUT2D eigenvalue weighted by Crippen LogP contribution is 2.42. The highest BCUT2D eigenvalue weighted by atomic mass is 16.2. The number of rotatable bonds is 3. The first kappa shape index (κ1) is 15.2. The molecule has 2 saturated carbocycles. The number of hydrogen-bond donors (Lipinski definition) is 2. The van der Waals surface area contributed by atoms with E-state index in [0.29, 0.717) is 5.92 Å². The highest BCUT2D eigenvalue weighted by Gasteiger charge is 2.51. The van der Waals surface area contributed by atoms with Gasteiger partial charge in [0.2, 0.25) is 5.91 Å². The first-order valence-electron chi connectivity index (χ1n) is 8.50. The molecule has 1 saturated heterocycles. The average Bonchev–Trinajstić information content (AvgIpc) is 3.14. The first-order chi connectivity index (χ1) is 10.7. The minimum absolute atomic E-state index is 0.0556. The van der Waals surface area contributed by atoms with E-state index in [2.05, 4.69) is 16.6 Å². The lowest BCUT2D eigenvalue weighted by molar-refractivity contribution is -0.126. The summed E-state index contributed by atoms with van der Waals surface area (Å²) >= 11 is 0. The molecule has 3 atom stereocenters. The number of terminal acetylenes is 1. The van der Waals surface area contributed by atoms with Crippen molar-refractivity contribution in [3.05, 3.63) is 0 Å². The molecule has 2 N–H and O–H groups in total.